The zero-order valence-corrected chi connectivity index (χ0v) is 13.3. The molecule has 2 N–H and O–H groups in total. The standard InChI is InChI=1S/C18H26N2O/c1-4-14-8-10-15(11-9-14)13-20(3)18(16(19)5-2)17-7-6-12-21-17/h6-12,16,18H,4-5,13,19H2,1-3H3. The molecule has 3 heteroatoms. The Hall–Kier alpha value is -1.58. The molecular weight excluding hydrogens is 260 g/mol. The van der Waals surface area contributed by atoms with E-state index in [1.165, 1.54) is 11.1 Å². The summed E-state index contributed by atoms with van der Waals surface area (Å²) in [7, 11) is 2.11. The smallest absolute Gasteiger partial charge is 0.122 e. The molecule has 21 heavy (non-hydrogen) atoms. The lowest BCUT2D eigenvalue weighted by molar-refractivity contribution is 0.176. The summed E-state index contributed by atoms with van der Waals surface area (Å²) < 4.78 is 5.59. The maximum Gasteiger partial charge on any atom is 0.122 e. The van der Waals surface area contributed by atoms with Gasteiger partial charge in [-0.1, -0.05) is 38.1 Å². The van der Waals surface area contributed by atoms with Crippen molar-refractivity contribution in [2.75, 3.05) is 7.05 Å². The lowest BCUT2D eigenvalue weighted by Gasteiger charge is -2.30. The summed E-state index contributed by atoms with van der Waals surface area (Å²) in [6, 6.07) is 12.9. The highest BCUT2D eigenvalue weighted by Crippen LogP contribution is 2.26. The number of rotatable bonds is 7. The number of hydrogen-bond donors (Lipinski definition) is 1. The van der Waals surface area contributed by atoms with Gasteiger partial charge < -0.3 is 10.2 Å². The maximum absolute atomic E-state index is 6.31. The lowest BCUT2D eigenvalue weighted by Crippen LogP contribution is -2.38. The van der Waals surface area contributed by atoms with Gasteiger partial charge in [0.2, 0.25) is 0 Å². The average molecular weight is 286 g/mol. The first kappa shape index (κ1) is 15.8. The molecule has 1 heterocycles. The minimum Gasteiger partial charge on any atom is -0.468 e. The maximum atomic E-state index is 6.31. The first-order valence-electron chi connectivity index (χ1n) is 7.72. The Balaban J connectivity index is 2.12. The van der Waals surface area contributed by atoms with Crippen molar-refractivity contribution in [2.24, 2.45) is 5.73 Å². The normalized spacial score (nSPS) is 14.3. The van der Waals surface area contributed by atoms with E-state index in [2.05, 4.69) is 50.1 Å². The Kier molecular flexibility index (Phi) is 5.59. The molecule has 0 bridgehead atoms. The molecule has 0 fully saturated rings. The van der Waals surface area contributed by atoms with Crippen molar-refractivity contribution in [1.82, 2.24) is 4.90 Å². The number of likely N-dealkylation sites (N-methyl/N-ethyl adjacent to an activating group) is 1. The Morgan fingerprint density at radius 2 is 1.76 bits per heavy atom. The van der Waals surface area contributed by atoms with E-state index in [4.69, 9.17) is 10.2 Å². The second-order valence-corrected chi connectivity index (χ2v) is 5.62. The van der Waals surface area contributed by atoms with E-state index in [0.29, 0.717) is 0 Å². The second kappa shape index (κ2) is 7.43. The number of hydrogen-bond acceptors (Lipinski definition) is 3. The van der Waals surface area contributed by atoms with Gasteiger partial charge >= 0.3 is 0 Å². The number of furan rings is 1. The zero-order valence-electron chi connectivity index (χ0n) is 13.3. The Labute approximate surface area is 127 Å². The molecule has 0 saturated carbocycles. The highest BCUT2D eigenvalue weighted by Gasteiger charge is 2.25. The first-order chi connectivity index (χ1) is 10.2. The molecule has 0 aliphatic carbocycles. The Morgan fingerprint density at radius 1 is 1.10 bits per heavy atom. The molecule has 2 atom stereocenters. The van der Waals surface area contributed by atoms with Gasteiger partial charge in [0.25, 0.3) is 0 Å². The molecule has 0 aliphatic heterocycles. The number of aryl methyl sites for hydroxylation is 1. The molecular formula is C18H26N2O. The van der Waals surface area contributed by atoms with Gasteiger partial charge in [-0.25, -0.2) is 0 Å². The second-order valence-electron chi connectivity index (χ2n) is 5.62. The van der Waals surface area contributed by atoms with Gasteiger partial charge in [0.05, 0.1) is 12.3 Å². The Morgan fingerprint density at radius 3 is 2.29 bits per heavy atom. The van der Waals surface area contributed by atoms with Crippen LogP contribution in [0.15, 0.2) is 47.1 Å². The summed E-state index contributed by atoms with van der Waals surface area (Å²) in [5, 5.41) is 0. The minimum atomic E-state index is 0.0658. The van der Waals surface area contributed by atoms with Crippen LogP contribution in [0.25, 0.3) is 0 Å². The monoisotopic (exact) mass is 286 g/mol. The van der Waals surface area contributed by atoms with Crippen molar-refractivity contribution in [2.45, 2.75) is 45.3 Å². The van der Waals surface area contributed by atoms with Gasteiger partial charge in [0, 0.05) is 12.6 Å². The van der Waals surface area contributed by atoms with Crippen molar-refractivity contribution >= 4 is 0 Å². The van der Waals surface area contributed by atoms with E-state index in [1.54, 1.807) is 6.26 Å². The van der Waals surface area contributed by atoms with Gasteiger partial charge in [-0.2, -0.15) is 0 Å². The molecule has 0 spiro atoms. The lowest BCUT2D eigenvalue weighted by atomic mass is 10.0. The third kappa shape index (κ3) is 3.96. The van der Waals surface area contributed by atoms with Crippen molar-refractivity contribution in [3.63, 3.8) is 0 Å². The molecule has 0 amide bonds. The van der Waals surface area contributed by atoms with Crippen molar-refractivity contribution in [3.8, 4) is 0 Å². The van der Waals surface area contributed by atoms with Crippen LogP contribution in [0.1, 0.15) is 43.2 Å². The minimum absolute atomic E-state index is 0.0658. The van der Waals surface area contributed by atoms with E-state index >= 15 is 0 Å². The Bertz CT molecular complexity index is 519. The number of benzene rings is 1. The predicted octanol–water partition coefficient (Wildman–Crippen LogP) is 3.75. The van der Waals surface area contributed by atoms with E-state index < -0.39 is 0 Å². The van der Waals surface area contributed by atoms with Crippen LogP contribution in [-0.2, 0) is 13.0 Å². The van der Waals surface area contributed by atoms with Crippen LogP contribution < -0.4 is 5.73 Å². The van der Waals surface area contributed by atoms with E-state index in [-0.39, 0.29) is 12.1 Å². The van der Waals surface area contributed by atoms with Gasteiger partial charge in [-0.3, -0.25) is 4.90 Å². The highest BCUT2D eigenvalue weighted by atomic mass is 16.3. The van der Waals surface area contributed by atoms with Gasteiger partial charge in [-0.15, -0.1) is 0 Å². The molecule has 2 aromatic rings. The SMILES string of the molecule is CCc1ccc(CN(C)C(c2ccco2)C(N)CC)cc1. The number of nitrogens with two attached hydrogens (primary N) is 1. The van der Waals surface area contributed by atoms with Crippen LogP contribution >= 0.6 is 0 Å². The number of nitrogens with zero attached hydrogens (tertiary/aromatic N) is 1. The summed E-state index contributed by atoms with van der Waals surface area (Å²) >= 11 is 0. The highest BCUT2D eigenvalue weighted by molar-refractivity contribution is 5.22. The quantitative estimate of drug-likeness (QED) is 0.843. The van der Waals surface area contributed by atoms with Gasteiger partial charge in [0.1, 0.15) is 5.76 Å². The largest absolute Gasteiger partial charge is 0.468 e. The van der Waals surface area contributed by atoms with Crippen molar-refractivity contribution in [3.05, 3.63) is 59.5 Å². The third-order valence-corrected chi connectivity index (χ3v) is 4.05. The molecule has 1 aromatic carbocycles. The van der Waals surface area contributed by atoms with Crippen LogP contribution in [-0.4, -0.2) is 18.0 Å². The summed E-state index contributed by atoms with van der Waals surface area (Å²) in [6.45, 7) is 5.15. The van der Waals surface area contributed by atoms with Crippen molar-refractivity contribution in [1.29, 1.82) is 0 Å². The summed E-state index contributed by atoms with van der Waals surface area (Å²) in [5.41, 5.74) is 8.98. The fourth-order valence-electron chi connectivity index (χ4n) is 2.70. The summed E-state index contributed by atoms with van der Waals surface area (Å²) in [6.07, 6.45) is 3.71. The fraction of sp³-hybridized carbons (Fsp3) is 0.444. The molecule has 0 saturated heterocycles. The molecule has 0 radical (unpaired) electrons. The molecule has 3 nitrogen and oxygen atoms in total. The molecule has 2 rings (SSSR count). The zero-order chi connectivity index (χ0) is 15.2. The van der Waals surface area contributed by atoms with Crippen molar-refractivity contribution < 1.29 is 4.42 Å². The summed E-state index contributed by atoms with van der Waals surface area (Å²) in [5.74, 6) is 0.942. The average Bonchev–Trinajstić information content (AvgIpc) is 3.02. The van der Waals surface area contributed by atoms with E-state index in [9.17, 15) is 0 Å². The topological polar surface area (TPSA) is 42.4 Å². The van der Waals surface area contributed by atoms with Gasteiger partial charge in [-0.05, 0) is 43.1 Å². The predicted molar refractivity (Wildman–Crippen MR) is 87.0 cm³/mol. The first-order valence-corrected chi connectivity index (χ1v) is 7.72. The summed E-state index contributed by atoms with van der Waals surface area (Å²) in [4.78, 5) is 2.27. The van der Waals surface area contributed by atoms with E-state index in [0.717, 1.165) is 25.1 Å². The van der Waals surface area contributed by atoms with Crippen LogP contribution in [0.3, 0.4) is 0 Å². The molecule has 0 aliphatic rings. The van der Waals surface area contributed by atoms with Crippen LogP contribution in [0.4, 0.5) is 0 Å². The van der Waals surface area contributed by atoms with Crippen LogP contribution in [0, 0.1) is 0 Å². The van der Waals surface area contributed by atoms with Crippen LogP contribution in [0.5, 0.6) is 0 Å². The van der Waals surface area contributed by atoms with Crippen LogP contribution in [0.2, 0.25) is 0 Å². The third-order valence-electron chi connectivity index (χ3n) is 4.05. The molecule has 1 aromatic heterocycles. The van der Waals surface area contributed by atoms with Gasteiger partial charge in [0.15, 0.2) is 0 Å². The van der Waals surface area contributed by atoms with E-state index in [1.807, 2.05) is 12.1 Å². The molecule has 114 valence electrons. The molecule has 2 unspecified atom stereocenters. The fourth-order valence-corrected chi connectivity index (χ4v) is 2.70.